The predicted octanol–water partition coefficient (Wildman–Crippen LogP) is 2.01. The van der Waals surface area contributed by atoms with Gasteiger partial charge in [-0.3, -0.25) is 4.79 Å². The second-order valence-corrected chi connectivity index (χ2v) is 5.45. The van der Waals surface area contributed by atoms with E-state index < -0.39 is 17.5 Å². The molecule has 0 radical (unpaired) electrons. The summed E-state index contributed by atoms with van der Waals surface area (Å²) < 4.78 is 29.3. The van der Waals surface area contributed by atoms with Crippen molar-refractivity contribution in [2.45, 2.75) is 6.54 Å². The molecule has 2 aromatic carbocycles. The molecule has 3 aromatic rings. The molecule has 9 heteroatoms. The normalized spacial score (nSPS) is 12.2. The molecule has 0 unspecified atom stereocenters. The van der Waals surface area contributed by atoms with Crippen molar-refractivity contribution < 1.29 is 23.1 Å². The number of nitrogens with zero attached hydrogens (tertiary/aromatic N) is 2. The van der Waals surface area contributed by atoms with Gasteiger partial charge in [0.05, 0.1) is 0 Å². The summed E-state index contributed by atoms with van der Waals surface area (Å²) in [6.45, 7) is -0.203. The first-order valence-corrected chi connectivity index (χ1v) is 7.62. The average molecular weight is 357 g/mol. The first-order chi connectivity index (χ1) is 12.6. The topological polar surface area (TPSA) is 95.6 Å². The van der Waals surface area contributed by atoms with Gasteiger partial charge in [0.2, 0.25) is 18.6 Å². The molecule has 26 heavy (non-hydrogen) atoms. The third-order valence-electron chi connectivity index (χ3n) is 3.65. The molecule has 0 bridgehead atoms. The third kappa shape index (κ3) is 3.14. The van der Waals surface area contributed by atoms with Crippen LogP contribution in [0.1, 0.15) is 0 Å². The minimum atomic E-state index is -0.787. The number of amides is 1. The lowest BCUT2D eigenvalue weighted by atomic mass is 10.2. The van der Waals surface area contributed by atoms with E-state index in [0.29, 0.717) is 22.7 Å². The molecule has 0 saturated heterocycles. The van der Waals surface area contributed by atoms with E-state index in [1.54, 1.807) is 18.2 Å². The Morgan fingerprint density at radius 1 is 1.15 bits per heavy atom. The number of carbonyl (C=O) groups excluding carboxylic acids is 1. The Balaban J connectivity index is 1.48. The van der Waals surface area contributed by atoms with E-state index in [2.05, 4.69) is 10.4 Å². The number of halogens is 1. The summed E-state index contributed by atoms with van der Waals surface area (Å²) in [6, 6.07) is 10.3. The van der Waals surface area contributed by atoms with E-state index in [4.69, 9.17) is 13.9 Å². The molecular formula is C17H12FN3O5. The molecule has 0 aliphatic carbocycles. The molecular weight excluding hydrogens is 345 g/mol. The summed E-state index contributed by atoms with van der Waals surface area (Å²) >= 11 is 0. The molecule has 1 aliphatic heterocycles. The molecule has 1 aliphatic rings. The van der Waals surface area contributed by atoms with E-state index in [9.17, 15) is 14.0 Å². The number of hydrogen-bond donors (Lipinski definition) is 1. The van der Waals surface area contributed by atoms with E-state index in [1.807, 2.05) is 0 Å². The van der Waals surface area contributed by atoms with Gasteiger partial charge in [0.15, 0.2) is 11.5 Å². The average Bonchev–Trinajstić information content (AvgIpc) is 3.22. The Morgan fingerprint density at radius 2 is 1.92 bits per heavy atom. The third-order valence-corrected chi connectivity index (χ3v) is 3.65. The number of fused-ring (bicyclic) bond motifs is 1. The van der Waals surface area contributed by atoms with Crippen LogP contribution in [0.25, 0.3) is 11.5 Å². The van der Waals surface area contributed by atoms with Crippen molar-refractivity contribution in [3.8, 4) is 23.0 Å². The van der Waals surface area contributed by atoms with Gasteiger partial charge in [0, 0.05) is 17.3 Å². The van der Waals surface area contributed by atoms with Gasteiger partial charge >= 0.3 is 5.76 Å². The van der Waals surface area contributed by atoms with Crippen molar-refractivity contribution in [2.24, 2.45) is 0 Å². The zero-order valence-corrected chi connectivity index (χ0v) is 13.3. The first-order valence-electron chi connectivity index (χ1n) is 7.62. The van der Waals surface area contributed by atoms with Gasteiger partial charge in [-0.2, -0.15) is 4.68 Å². The van der Waals surface area contributed by atoms with E-state index in [0.717, 1.165) is 4.68 Å². The van der Waals surface area contributed by atoms with Crippen LogP contribution in [0, 0.1) is 5.82 Å². The van der Waals surface area contributed by atoms with Crippen molar-refractivity contribution >= 4 is 11.6 Å². The fourth-order valence-corrected chi connectivity index (χ4v) is 2.43. The van der Waals surface area contributed by atoms with Crippen LogP contribution in [-0.4, -0.2) is 22.5 Å². The molecule has 0 fully saturated rings. The molecule has 1 N–H and O–H groups in total. The molecule has 2 heterocycles. The van der Waals surface area contributed by atoms with Crippen LogP contribution in [0.3, 0.4) is 0 Å². The number of benzene rings is 2. The number of carbonyl (C=O) groups is 1. The lowest BCUT2D eigenvalue weighted by Crippen LogP contribution is -2.25. The van der Waals surface area contributed by atoms with E-state index in [1.165, 1.54) is 24.3 Å². The SMILES string of the molecule is O=C(Cn1nc(-c2ccc(F)cc2)oc1=O)Nc1ccc2c(c1)OCO2. The van der Waals surface area contributed by atoms with Crippen LogP contribution < -0.4 is 20.5 Å². The summed E-state index contributed by atoms with van der Waals surface area (Å²) in [7, 11) is 0. The van der Waals surface area contributed by atoms with Crippen molar-refractivity contribution in [1.29, 1.82) is 0 Å². The van der Waals surface area contributed by atoms with Crippen molar-refractivity contribution in [3.05, 3.63) is 58.8 Å². The lowest BCUT2D eigenvalue weighted by Gasteiger charge is -2.05. The summed E-state index contributed by atoms with van der Waals surface area (Å²) in [5.41, 5.74) is 0.924. The Kier molecular flexibility index (Phi) is 3.88. The van der Waals surface area contributed by atoms with Gasteiger partial charge in [0.1, 0.15) is 12.4 Å². The summed E-state index contributed by atoms with van der Waals surface area (Å²) in [5.74, 6) is -0.542. The van der Waals surface area contributed by atoms with Crippen molar-refractivity contribution in [2.75, 3.05) is 12.1 Å². The van der Waals surface area contributed by atoms with Crippen molar-refractivity contribution in [1.82, 2.24) is 9.78 Å². The Morgan fingerprint density at radius 3 is 2.73 bits per heavy atom. The summed E-state index contributed by atoms with van der Waals surface area (Å²) in [4.78, 5) is 24.0. The zero-order chi connectivity index (χ0) is 18.1. The van der Waals surface area contributed by atoms with Crippen LogP contribution in [0.15, 0.2) is 51.7 Å². The van der Waals surface area contributed by atoms with Crippen LogP contribution >= 0.6 is 0 Å². The van der Waals surface area contributed by atoms with Gasteiger partial charge in [-0.1, -0.05) is 0 Å². The summed E-state index contributed by atoms with van der Waals surface area (Å²) in [6.07, 6.45) is 0. The minimum absolute atomic E-state index is 0.00544. The molecule has 1 amide bonds. The second kappa shape index (κ2) is 6.36. The maximum Gasteiger partial charge on any atom is 0.437 e. The zero-order valence-electron chi connectivity index (χ0n) is 13.3. The number of rotatable bonds is 4. The molecule has 8 nitrogen and oxygen atoms in total. The number of aromatic nitrogens is 2. The van der Waals surface area contributed by atoms with Crippen LogP contribution in [0.5, 0.6) is 11.5 Å². The fraction of sp³-hybridized carbons (Fsp3) is 0.118. The number of anilines is 1. The summed E-state index contributed by atoms with van der Waals surface area (Å²) in [5, 5.41) is 6.60. The standard InChI is InChI=1S/C17H12FN3O5/c18-11-3-1-10(2-4-11)16-20-21(17(23)26-16)8-15(22)19-12-5-6-13-14(7-12)25-9-24-13/h1-7H,8-9H2,(H,19,22). The monoisotopic (exact) mass is 357 g/mol. The Bertz CT molecular complexity index is 1030. The Hall–Kier alpha value is -3.62. The lowest BCUT2D eigenvalue weighted by molar-refractivity contribution is -0.117. The van der Waals surface area contributed by atoms with Crippen LogP contribution in [0.4, 0.5) is 10.1 Å². The first kappa shape index (κ1) is 15.9. The molecule has 1 aromatic heterocycles. The van der Waals surface area contributed by atoms with Gasteiger partial charge in [-0.15, -0.1) is 5.10 Å². The largest absolute Gasteiger partial charge is 0.454 e. The number of hydrogen-bond acceptors (Lipinski definition) is 6. The highest BCUT2D eigenvalue weighted by Gasteiger charge is 2.16. The number of nitrogens with one attached hydrogen (secondary N) is 1. The van der Waals surface area contributed by atoms with Gasteiger partial charge in [-0.25, -0.2) is 9.18 Å². The maximum atomic E-state index is 13.0. The predicted molar refractivity (Wildman–Crippen MR) is 87.4 cm³/mol. The quantitative estimate of drug-likeness (QED) is 0.767. The molecule has 0 spiro atoms. The smallest absolute Gasteiger partial charge is 0.437 e. The Labute approximate surface area is 145 Å². The second-order valence-electron chi connectivity index (χ2n) is 5.45. The highest BCUT2D eigenvalue weighted by molar-refractivity contribution is 5.90. The number of ether oxygens (including phenoxy) is 2. The molecule has 0 saturated carbocycles. The molecule has 132 valence electrons. The van der Waals surface area contributed by atoms with Gasteiger partial charge in [0.25, 0.3) is 0 Å². The molecule has 4 rings (SSSR count). The van der Waals surface area contributed by atoms with Gasteiger partial charge in [-0.05, 0) is 36.4 Å². The van der Waals surface area contributed by atoms with E-state index in [-0.39, 0.29) is 19.2 Å². The van der Waals surface area contributed by atoms with Crippen molar-refractivity contribution in [3.63, 3.8) is 0 Å². The van der Waals surface area contributed by atoms with E-state index >= 15 is 0 Å². The highest BCUT2D eigenvalue weighted by Crippen LogP contribution is 2.34. The van der Waals surface area contributed by atoms with Crippen LogP contribution in [0.2, 0.25) is 0 Å². The highest BCUT2D eigenvalue weighted by atomic mass is 19.1. The van der Waals surface area contributed by atoms with Crippen LogP contribution in [-0.2, 0) is 11.3 Å². The molecule has 0 atom stereocenters. The van der Waals surface area contributed by atoms with Gasteiger partial charge < -0.3 is 19.2 Å². The fourth-order valence-electron chi connectivity index (χ4n) is 2.43. The maximum absolute atomic E-state index is 13.0. The minimum Gasteiger partial charge on any atom is -0.454 e.